The van der Waals surface area contributed by atoms with E-state index in [9.17, 15) is 18.0 Å². The highest BCUT2D eigenvalue weighted by Crippen LogP contribution is 2.30. The summed E-state index contributed by atoms with van der Waals surface area (Å²) in [6, 6.07) is 5.60. The van der Waals surface area contributed by atoms with Gasteiger partial charge in [-0.2, -0.15) is 13.2 Å². The summed E-state index contributed by atoms with van der Waals surface area (Å²) >= 11 is 5.58. The molecule has 0 bridgehead atoms. The second-order valence-corrected chi connectivity index (χ2v) is 4.06. The van der Waals surface area contributed by atoms with Gasteiger partial charge in [0.25, 0.3) is 5.56 Å². The summed E-state index contributed by atoms with van der Waals surface area (Å²) in [5, 5.41) is 0. The molecule has 1 aromatic carbocycles. The van der Waals surface area contributed by atoms with Gasteiger partial charge in [-0.05, 0) is 12.1 Å². The lowest BCUT2D eigenvalue weighted by Crippen LogP contribution is -2.10. The van der Waals surface area contributed by atoms with Crippen LogP contribution in [0.4, 0.5) is 13.2 Å². The van der Waals surface area contributed by atoms with Gasteiger partial charge in [-0.1, -0.05) is 12.1 Å². The minimum atomic E-state index is -4.39. The van der Waals surface area contributed by atoms with Crippen molar-refractivity contribution in [1.29, 1.82) is 0 Å². The SMILES string of the molecule is O=c1cc(CCl)nc(-c2ccc(C(F)(F)F)cc2)[nH]1. The molecule has 0 atom stereocenters. The van der Waals surface area contributed by atoms with Crippen molar-refractivity contribution >= 4 is 11.6 Å². The van der Waals surface area contributed by atoms with Gasteiger partial charge in [-0.25, -0.2) is 4.98 Å². The van der Waals surface area contributed by atoms with E-state index in [1.54, 1.807) is 0 Å². The summed E-state index contributed by atoms with van der Waals surface area (Å²) in [6.07, 6.45) is -4.39. The number of nitrogens with zero attached hydrogens (tertiary/aromatic N) is 1. The van der Waals surface area contributed by atoms with Gasteiger partial charge < -0.3 is 4.98 Å². The van der Waals surface area contributed by atoms with Crippen LogP contribution in [0.2, 0.25) is 0 Å². The van der Waals surface area contributed by atoms with Crippen molar-refractivity contribution in [1.82, 2.24) is 9.97 Å². The van der Waals surface area contributed by atoms with Gasteiger partial charge in [0.2, 0.25) is 0 Å². The molecule has 19 heavy (non-hydrogen) atoms. The third-order valence-electron chi connectivity index (χ3n) is 2.42. The zero-order valence-electron chi connectivity index (χ0n) is 9.46. The molecular weight excluding hydrogens is 281 g/mol. The molecule has 1 N–H and O–H groups in total. The van der Waals surface area contributed by atoms with E-state index in [2.05, 4.69) is 9.97 Å². The zero-order chi connectivity index (χ0) is 14.0. The highest BCUT2D eigenvalue weighted by atomic mass is 35.5. The monoisotopic (exact) mass is 288 g/mol. The highest BCUT2D eigenvalue weighted by molar-refractivity contribution is 6.16. The maximum absolute atomic E-state index is 12.4. The van der Waals surface area contributed by atoms with Gasteiger partial charge in [0.05, 0.1) is 17.1 Å². The average molecular weight is 289 g/mol. The Morgan fingerprint density at radius 2 is 1.84 bits per heavy atom. The summed E-state index contributed by atoms with van der Waals surface area (Å²) in [4.78, 5) is 17.8. The van der Waals surface area contributed by atoms with Crippen molar-refractivity contribution in [3.05, 3.63) is 51.9 Å². The van der Waals surface area contributed by atoms with E-state index < -0.39 is 17.3 Å². The van der Waals surface area contributed by atoms with Crippen LogP contribution in [0.5, 0.6) is 0 Å². The van der Waals surface area contributed by atoms with Crippen molar-refractivity contribution in [2.24, 2.45) is 0 Å². The number of aromatic nitrogens is 2. The molecule has 0 aliphatic carbocycles. The Labute approximate surface area is 111 Å². The van der Waals surface area contributed by atoms with E-state index in [1.165, 1.54) is 18.2 Å². The summed E-state index contributed by atoms with van der Waals surface area (Å²) in [7, 11) is 0. The van der Waals surface area contributed by atoms with Crippen LogP contribution >= 0.6 is 11.6 Å². The molecular formula is C12H8ClF3N2O. The number of halogens is 4. The molecule has 2 aromatic rings. The average Bonchev–Trinajstić information content (AvgIpc) is 2.37. The number of alkyl halides is 4. The molecule has 1 aromatic heterocycles. The molecule has 1 heterocycles. The first kappa shape index (κ1) is 13.6. The lowest BCUT2D eigenvalue weighted by Gasteiger charge is -2.07. The van der Waals surface area contributed by atoms with Gasteiger partial charge in [-0.15, -0.1) is 11.6 Å². The van der Waals surface area contributed by atoms with Crippen molar-refractivity contribution < 1.29 is 13.2 Å². The largest absolute Gasteiger partial charge is 0.416 e. The maximum atomic E-state index is 12.4. The van der Waals surface area contributed by atoms with E-state index in [-0.39, 0.29) is 11.7 Å². The first-order valence-electron chi connectivity index (χ1n) is 5.24. The number of benzene rings is 1. The number of aromatic amines is 1. The van der Waals surface area contributed by atoms with Gasteiger partial charge in [0.1, 0.15) is 5.82 Å². The number of hydrogen-bond acceptors (Lipinski definition) is 2. The third kappa shape index (κ3) is 3.14. The van der Waals surface area contributed by atoms with E-state index in [4.69, 9.17) is 11.6 Å². The fourth-order valence-corrected chi connectivity index (χ4v) is 1.67. The minimum absolute atomic E-state index is 0.0531. The van der Waals surface area contributed by atoms with Crippen LogP contribution < -0.4 is 5.56 Å². The standard InChI is InChI=1S/C12H8ClF3N2O/c13-6-9-5-10(19)18-11(17-9)7-1-3-8(4-2-7)12(14,15)16/h1-5H,6H2,(H,17,18,19). The van der Waals surface area contributed by atoms with Crippen LogP contribution in [0.3, 0.4) is 0 Å². The lowest BCUT2D eigenvalue weighted by atomic mass is 10.1. The topological polar surface area (TPSA) is 45.8 Å². The molecule has 0 spiro atoms. The fraction of sp³-hybridized carbons (Fsp3) is 0.167. The van der Waals surface area contributed by atoms with Crippen LogP contribution in [0.25, 0.3) is 11.4 Å². The van der Waals surface area contributed by atoms with E-state index in [1.807, 2.05) is 0 Å². The quantitative estimate of drug-likeness (QED) is 0.863. The van der Waals surface area contributed by atoms with E-state index in [0.29, 0.717) is 11.3 Å². The summed E-state index contributed by atoms with van der Waals surface area (Å²) in [6.45, 7) is 0. The molecule has 0 radical (unpaired) electrons. The summed E-state index contributed by atoms with van der Waals surface area (Å²) < 4.78 is 37.2. The summed E-state index contributed by atoms with van der Waals surface area (Å²) in [5.41, 5.74) is -0.412. The second kappa shape index (κ2) is 5.05. The fourth-order valence-electron chi connectivity index (χ4n) is 1.53. The Balaban J connectivity index is 2.43. The predicted octanol–water partition coefficient (Wildman–Crippen LogP) is 3.19. The van der Waals surface area contributed by atoms with Crippen molar-refractivity contribution in [2.45, 2.75) is 12.1 Å². The number of H-pyrrole nitrogens is 1. The summed E-state index contributed by atoms with van der Waals surface area (Å²) in [5.74, 6) is 0.245. The Morgan fingerprint density at radius 1 is 1.21 bits per heavy atom. The molecule has 0 aliphatic rings. The van der Waals surface area contributed by atoms with Crippen molar-refractivity contribution in [2.75, 3.05) is 0 Å². The van der Waals surface area contributed by atoms with E-state index in [0.717, 1.165) is 12.1 Å². The number of rotatable bonds is 2. The molecule has 0 fully saturated rings. The Hall–Kier alpha value is -1.82. The Bertz CT molecular complexity index is 635. The molecule has 0 amide bonds. The predicted molar refractivity (Wildman–Crippen MR) is 64.9 cm³/mol. The molecule has 7 heteroatoms. The molecule has 0 aliphatic heterocycles. The Kier molecular flexibility index (Phi) is 3.61. The molecule has 3 nitrogen and oxygen atoms in total. The lowest BCUT2D eigenvalue weighted by molar-refractivity contribution is -0.137. The van der Waals surface area contributed by atoms with E-state index >= 15 is 0 Å². The van der Waals surface area contributed by atoms with Gasteiger partial charge in [-0.3, -0.25) is 4.79 Å². The molecule has 0 saturated heterocycles. The third-order valence-corrected chi connectivity index (χ3v) is 2.69. The molecule has 2 rings (SSSR count). The maximum Gasteiger partial charge on any atom is 0.416 e. The first-order chi connectivity index (χ1) is 8.90. The van der Waals surface area contributed by atoms with Crippen LogP contribution in [0.1, 0.15) is 11.3 Å². The molecule has 0 unspecified atom stereocenters. The van der Waals surface area contributed by atoms with Crippen molar-refractivity contribution in [3.63, 3.8) is 0 Å². The molecule has 100 valence electrons. The van der Waals surface area contributed by atoms with Crippen LogP contribution in [-0.4, -0.2) is 9.97 Å². The van der Waals surface area contributed by atoms with Gasteiger partial charge >= 0.3 is 6.18 Å². The minimum Gasteiger partial charge on any atom is -0.307 e. The number of nitrogens with one attached hydrogen (secondary N) is 1. The second-order valence-electron chi connectivity index (χ2n) is 3.79. The molecule has 0 saturated carbocycles. The number of hydrogen-bond donors (Lipinski definition) is 1. The highest BCUT2D eigenvalue weighted by Gasteiger charge is 2.30. The van der Waals surface area contributed by atoms with Crippen LogP contribution in [0, 0.1) is 0 Å². The zero-order valence-corrected chi connectivity index (χ0v) is 10.2. The van der Waals surface area contributed by atoms with Gasteiger partial charge in [0, 0.05) is 11.6 Å². The van der Waals surface area contributed by atoms with Crippen LogP contribution in [-0.2, 0) is 12.1 Å². The van der Waals surface area contributed by atoms with Crippen LogP contribution in [0.15, 0.2) is 35.1 Å². The first-order valence-corrected chi connectivity index (χ1v) is 5.77. The Morgan fingerprint density at radius 3 is 2.37 bits per heavy atom. The smallest absolute Gasteiger partial charge is 0.307 e. The van der Waals surface area contributed by atoms with Gasteiger partial charge in [0.15, 0.2) is 0 Å². The normalized spacial score (nSPS) is 11.6. The van der Waals surface area contributed by atoms with Crippen molar-refractivity contribution in [3.8, 4) is 11.4 Å².